The van der Waals surface area contributed by atoms with E-state index in [0.29, 0.717) is 29.9 Å². The fourth-order valence-electron chi connectivity index (χ4n) is 3.47. The molecule has 1 aliphatic heterocycles. The van der Waals surface area contributed by atoms with Gasteiger partial charge in [-0.2, -0.15) is 0 Å². The number of pyridine rings is 1. The van der Waals surface area contributed by atoms with Crippen LogP contribution in [0.5, 0.6) is 0 Å². The van der Waals surface area contributed by atoms with E-state index in [-0.39, 0.29) is 17.9 Å². The summed E-state index contributed by atoms with van der Waals surface area (Å²) in [5.41, 5.74) is 1.11. The minimum atomic E-state index is -0.875. The van der Waals surface area contributed by atoms with Gasteiger partial charge in [0.2, 0.25) is 0 Å². The van der Waals surface area contributed by atoms with E-state index in [1.807, 2.05) is 0 Å². The number of aromatic nitrogens is 3. The molecule has 0 bridgehead atoms. The van der Waals surface area contributed by atoms with Crippen LogP contribution in [0.1, 0.15) is 28.3 Å². The van der Waals surface area contributed by atoms with Crippen LogP contribution in [-0.4, -0.2) is 39.6 Å². The van der Waals surface area contributed by atoms with Crippen LogP contribution in [0, 0.1) is 11.6 Å². The number of imidazole rings is 1. The Bertz CT molecular complexity index is 959. The fourth-order valence-corrected chi connectivity index (χ4v) is 3.47. The molecule has 0 saturated carbocycles. The Kier molecular flexibility index (Phi) is 5.12. The molecular formula is C20H19F2N5O. The average Bonchev–Trinajstić information content (AvgIpc) is 3.25. The van der Waals surface area contributed by atoms with Gasteiger partial charge >= 0.3 is 0 Å². The first-order valence-electron chi connectivity index (χ1n) is 9.03. The van der Waals surface area contributed by atoms with Crippen molar-refractivity contribution in [2.45, 2.75) is 18.4 Å². The summed E-state index contributed by atoms with van der Waals surface area (Å²) in [7, 11) is 0. The Morgan fingerprint density at radius 1 is 1.21 bits per heavy atom. The SMILES string of the molecule is O=C(NC1CNCCC1c1ccc(F)c(F)c1)c1ccc(-n2ccnc2)nc1. The molecule has 1 aromatic carbocycles. The number of piperidine rings is 1. The van der Waals surface area contributed by atoms with Gasteiger partial charge in [0.1, 0.15) is 12.1 Å². The molecule has 2 unspecified atom stereocenters. The summed E-state index contributed by atoms with van der Waals surface area (Å²) in [6, 6.07) is 7.12. The predicted molar refractivity (Wildman–Crippen MR) is 99.2 cm³/mol. The Morgan fingerprint density at radius 3 is 2.82 bits per heavy atom. The maximum Gasteiger partial charge on any atom is 0.253 e. The second-order valence-corrected chi connectivity index (χ2v) is 6.73. The molecule has 0 spiro atoms. The number of carbonyl (C=O) groups excluding carboxylic acids is 1. The lowest BCUT2D eigenvalue weighted by Gasteiger charge is -2.33. The molecule has 144 valence electrons. The highest BCUT2D eigenvalue weighted by Crippen LogP contribution is 2.27. The van der Waals surface area contributed by atoms with Crippen molar-refractivity contribution in [1.82, 2.24) is 25.2 Å². The zero-order valence-corrected chi connectivity index (χ0v) is 15.0. The first-order chi connectivity index (χ1) is 13.6. The number of halogens is 2. The number of carbonyl (C=O) groups is 1. The van der Waals surface area contributed by atoms with Gasteiger partial charge in [-0.25, -0.2) is 18.7 Å². The van der Waals surface area contributed by atoms with Crippen molar-refractivity contribution < 1.29 is 13.6 Å². The predicted octanol–water partition coefficient (Wildman–Crippen LogP) is 2.42. The van der Waals surface area contributed by atoms with Gasteiger partial charge in [0.25, 0.3) is 5.91 Å². The van der Waals surface area contributed by atoms with E-state index in [0.717, 1.165) is 12.6 Å². The monoisotopic (exact) mass is 383 g/mol. The molecule has 4 rings (SSSR count). The first-order valence-corrected chi connectivity index (χ1v) is 9.03. The standard InChI is InChI=1S/C20H19F2N5O/c21-16-3-1-13(9-17(16)22)15-5-6-23-11-18(15)26-20(28)14-2-4-19(25-10-14)27-8-7-24-12-27/h1-4,7-10,12,15,18,23H,5-6,11H2,(H,26,28). The Morgan fingerprint density at radius 2 is 2.11 bits per heavy atom. The smallest absolute Gasteiger partial charge is 0.253 e. The number of hydrogen-bond donors (Lipinski definition) is 2. The summed E-state index contributed by atoms with van der Waals surface area (Å²) in [6.07, 6.45) is 7.27. The Labute approximate surface area is 160 Å². The summed E-state index contributed by atoms with van der Waals surface area (Å²) in [4.78, 5) is 20.9. The third-order valence-corrected chi connectivity index (χ3v) is 4.95. The van der Waals surface area contributed by atoms with Crippen LogP contribution in [0.3, 0.4) is 0 Å². The van der Waals surface area contributed by atoms with Crippen molar-refractivity contribution in [3.8, 4) is 5.82 Å². The van der Waals surface area contributed by atoms with E-state index in [4.69, 9.17) is 0 Å². The molecule has 6 nitrogen and oxygen atoms in total. The van der Waals surface area contributed by atoms with Crippen molar-refractivity contribution >= 4 is 5.91 Å². The summed E-state index contributed by atoms with van der Waals surface area (Å²) < 4.78 is 28.7. The summed E-state index contributed by atoms with van der Waals surface area (Å²) in [5, 5.41) is 6.23. The minimum absolute atomic E-state index is 0.0986. The van der Waals surface area contributed by atoms with Crippen molar-refractivity contribution in [2.75, 3.05) is 13.1 Å². The van der Waals surface area contributed by atoms with Crippen molar-refractivity contribution in [2.24, 2.45) is 0 Å². The molecule has 3 heterocycles. The lowest BCUT2D eigenvalue weighted by atomic mass is 9.86. The number of nitrogens with one attached hydrogen (secondary N) is 2. The molecule has 1 aliphatic rings. The molecule has 1 amide bonds. The van der Waals surface area contributed by atoms with E-state index in [1.165, 1.54) is 12.3 Å². The maximum atomic E-state index is 13.7. The molecule has 1 saturated heterocycles. The average molecular weight is 383 g/mol. The van der Waals surface area contributed by atoms with Gasteiger partial charge in [-0.3, -0.25) is 9.36 Å². The molecule has 8 heteroatoms. The third-order valence-electron chi connectivity index (χ3n) is 4.95. The number of rotatable bonds is 4. The normalized spacial score (nSPS) is 19.4. The van der Waals surface area contributed by atoms with Crippen LogP contribution >= 0.6 is 0 Å². The van der Waals surface area contributed by atoms with Crippen LogP contribution in [0.2, 0.25) is 0 Å². The van der Waals surface area contributed by atoms with Crippen LogP contribution in [0.25, 0.3) is 5.82 Å². The Hall–Kier alpha value is -3.13. The zero-order valence-electron chi connectivity index (χ0n) is 15.0. The van der Waals surface area contributed by atoms with Gasteiger partial charge in [0.05, 0.1) is 5.56 Å². The first kappa shape index (κ1) is 18.2. The van der Waals surface area contributed by atoms with Crippen molar-refractivity contribution in [3.63, 3.8) is 0 Å². The van der Waals surface area contributed by atoms with E-state index in [1.54, 1.807) is 41.5 Å². The highest BCUT2D eigenvalue weighted by atomic mass is 19.2. The molecule has 2 aromatic heterocycles. The number of amides is 1. The maximum absolute atomic E-state index is 13.7. The van der Waals surface area contributed by atoms with Crippen molar-refractivity contribution in [1.29, 1.82) is 0 Å². The topological polar surface area (TPSA) is 71.8 Å². The van der Waals surface area contributed by atoms with Gasteiger partial charge in [-0.1, -0.05) is 6.07 Å². The molecule has 3 aromatic rings. The van der Waals surface area contributed by atoms with Crippen LogP contribution in [-0.2, 0) is 0 Å². The zero-order chi connectivity index (χ0) is 19.5. The molecule has 0 radical (unpaired) electrons. The number of nitrogens with zero attached hydrogens (tertiary/aromatic N) is 3. The summed E-state index contributed by atoms with van der Waals surface area (Å²) in [6.45, 7) is 1.30. The van der Waals surface area contributed by atoms with E-state index < -0.39 is 11.6 Å². The summed E-state index contributed by atoms with van der Waals surface area (Å²) >= 11 is 0. The van der Waals surface area contributed by atoms with Gasteiger partial charge in [0.15, 0.2) is 11.6 Å². The van der Waals surface area contributed by atoms with E-state index in [9.17, 15) is 13.6 Å². The number of hydrogen-bond acceptors (Lipinski definition) is 4. The van der Waals surface area contributed by atoms with Crippen LogP contribution < -0.4 is 10.6 Å². The molecular weight excluding hydrogens is 364 g/mol. The highest BCUT2D eigenvalue weighted by Gasteiger charge is 2.28. The van der Waals surface area contributed by atoms with Gasteiger partial charge in [0, 0.05) is 37.1 Å². The summed E-state index contributed by atoms with van der Waals surface area (Å²) in [5.74, 6) is -1.44. The second-order valence-electron chi connectivity index (χ2n) is 6.73. The van der Waals surface area contributed by atoms with E-state index in [2.05, 4.69) is 20.6 Å². The molecule has 1 fully saturated rings. The fraction of sp³-hybridized carbons (Fsp3) is 0.250. The van der Waals surface area contributed by atoms with Gasteiger partial charge in [-0.05, 0) is 42.8 Å². The highest BCUT2D eigenvalue weighted by molar-refractivity contribution is 5.94. The third kappa shape index (κ3) is 3.77. The largest absolute Gasteiger partial charge is 0.347 e. The number of benzene rings is 1. The van der Waals surface area contributed by atoms with Crippen LogP contribution in [0.4, 0.5) is 8.78 Å². The van der Waals surface area contributed by atoms with Crippen molar-refractivity contribution in [3.05, 3.63) is 78.0 Å². The van der Waals surface area contributed by atoms with E-state index >= 15 is 0 Å². The lowest BCUT2D eigenvalue weighted by Crippen LogP contribution is -2.50. The molecule has 28 heavy (non-hydrogen) atoms. The van der Waals surface area contributed by atoms with Crippen LogP contribution in [0.15, 0.2) is 55.2 Å². The quantitative estimate of drug-likeness (QED) is 0.726. The minimum Gasteiger partial charge on any atom is -0.347 e. The van der Waals surface area contributed by atoms with Gasteiger partial charge in [-0.15, -0.1) is 0 Å². The van der Waals surface area contributed by atoms with Gasteiger partial charge < -0.3 is 10.6 Å². The Balaban J connectivity index is 1.49. The lowest BCUT2D eigenvalue weighted by molar-refractivity contribution is 0.0924. The molecule has 2 atom stereocenters. The molecule has 2 N–H and O–H groups in total. The molecule has 0 aliphatic carbocycles. The second kappa shape index (κ2) is 7.85.